The van der Waals surface area contributed by atoms with E-state index in [1.54, 1.807) is 28.9 Å². The van der Waals surface area contributed by atoms with Gasteiger partial charge < -0.3 is 5.32 Å². The molecule has 0 bridgehead atoms. The molecule has 150 valence electrons. The van der Waals surface area contributed by atoms with E-state index in [0.717, 1.165) is 17.7 Å². The van der Waals surface area contributed by atoms with E-state index in [4.69, 9.17) is 0 Å². The number of Topliss-reactive ketones (excluding diaryl/α,β-unsaturated/α-hetero) is 1. The molecular formula is C21H23N5O2S. The summed E-state index contributed by atoms with van der Waals surface area (Å²) >= 11 is 1.31. The predicted molar refractivity (Wildman–Crippen MR) is 114 cm³/mol. The van der Waals surface area contributed by atoms with E-state index >= 15 is 0 Å². The van der Waals surface area contributed by atoms with Crippen LogP contribution < -0.4 is 5.32 Å². The number of aromatic nitrogens is 4. The van der Waals surface area contributed by atoms with Gasteiger partial charge in [0, 0.05) is 17.7 Å². The minimum Gasteiger partial charge on any atom is -0.326 e. The number of rotatable bonds is 8. The van der Waals surface area contributed by atoms with Crippen molar-refractivity contribution in [1.29, 1.82) is 0 Å². The van der Waals surface area contributed by atoms with Gasteiger partial charge in [-0.05, 0) is 72.7 Å². The van der Waals surface area contributed by atoms with Crippen molar-refractivity contribution in [3.05, 3.63) is 59.7 Å². The number of aryl methyl sites for hydroxylation is 1. The van der Waals surface area contributed by atoms with Crippen LogP contribution in [-0.4, -0.2) is 37.1 Å². The van der Waals surface area contributed by atoms with Crippen molar-refractivity contribution >= 4 is 29.1 Å². The summed E-state index contributed by atoms with van der Waals surface area (Å²) in [5.41, 5.74) is 3.21. The Kier molecular flexibility index (Phi) is 6.77. The molecule has 1 N–H and O–H groups in total. The largest absolute Gasteiger partial charge is 0.326 e. The summed E-state index contributed by atoms with van der Waals surface area (Å²) in [5.74, 6) is -0.0567. The average molecular weight is 410 g/mol. The zero-order valence-corrected chi connectivity index (χ0v) is 17.4. The quantitative estimate of drug-likeness (QED) is 0.445. The fraction of sp³-hybridized carbons (Fsp3) is 0.286. The highest BCUT2D eigenvalue weighted by Crippen LogP contribution is 2.26. The topological polar surface area (TPSA) is 89.8 Å². The number of tetrazole rings is 1. The zero-order valence-electron chi connectivity index (χ0n) is 16.6. The van der Waals surface area contributed by atoms with Crippen LogP contribution in [-0.2, 0) is 4.79 Å². The van der Waals surface area contributed by atoms with Crippen molar-refractivity contribution < 1.29 is 9.59 Å². The van der Waals surface area contributed by atoms with Crippen LogP contribution in [0, 0.1) is 6.92 Å². The van der Waals surface area contributed by atoms with Crippen molar-refractivity contribution in [3.8, 4) is 5.69 Å². The Hall–Kier alpha value is -3.00. The maximum Gasteiger partial charge on any atom is 0.224 e. The molecule has 0 radical (unpaired) electrons. The summed E-state index contributed by atoms with van der Waals surface area (Å²) in [6.07, 6.45) is 1.27. The number of hydrogen-bond acceptors (Lipinski definition) is 6. The van der Waals surface area contributed by atoms with E-state index < -0.39 is 0 Å². The van der Waals surface area contributed by atoms with Gasteiger partial charge in [0.1, 0.15) is 0 Å². The molecule has 29 heavy (non-hydrogen) atoms. The van der Waals surface area contributed by atoms with Gasteiger partial charge in [-0.2, -0.15) is 4.68 Å². The molecule has 0 spiro atoms. The Labute approximate surface area is 173 Å². The fourth-order valence-electron chi connectivity index (χ4n) is 2.79. The first-order chi connectivity index (χ1) is 14.0. The number of nitrogens with one attached hydrogen (secondary N) is 1. The number of ketones is 1. The molecule has 1 aromatic heterocycles. The second-order valence-electron chi connectivity index (χ2n) is 6.71. The fourth-order valence-corrected chi connectivity index (χ4v) is 3.67. The molecule has 0 aliphatic heterocycles. The van der Waals surface area contributed by atoms with E-state index in [1.807, 2.05) is 45.0 Å². The van der Waals surface area contributed by atoms with Crippen molar-refractivity contribution in [2.75, 3.05) is 5.32 Å². The molecule has 0 fully saturated rings. The van der Waals surface area contributed by atoms with Gasteiger partial charge in [-0.1, -0.05) is 30.8 Å². The van der Waals surface area contributed by atoms with Gasteiger partial charge in [-0.25, -0.2) is 0 Å². The Morgan fingerprint density at radius 3 is 2.62 bits per heavy atom. The van der Waals surface area contributed by atoms with Gasteiger partial charge in [0.25, 0.3) is 0 Å². The Bertz CT molecular complexity index is 1000. The molecule has 0 aliphatic rings. The van der Waals surface area contributed by atoms with E-state index in [-0.39, 0.29) is 16.9 Å². The van der Waals surface area contributed by atoms with Crippen molar-refractivity contribution in [2.45, 2.75) is 44.0 Å². The number of nitrogens with zero attached hydrogens (tertiary/aromatic N) is 4. The maximum absolute atomic E-state index is 12.8. The number of thioether (sulfide) groups is 1. The number of amides is 1. The maximum atomic E-state index is 12.8. The van der Waals surface area contributed by atoms with Gasteiger partial charge in [0.2, 0.25) is 11.1 Å². The molecule has 1 unspecified atom stereocenters. The van der Waals surface area contributed by atoms with Crippen molar-refractivity contribution in [3.63, 3.8) is 0 Å². The number of hydrogen-bond donors (Lipinski definition) is 1. The monoisotopic (exact) mass is 409 g/mol. The van der Waals surface area contributed by atoms with Gasteiger partial charge in [0.05, 0.1) is 10.9 Å². The minimum atomic E-state index is -0.370. The van der Waals surface area contributed by atoms with E-state index in [1.165, 1.54) is 11.8 Å². The van der Waals surface area contributed by atoms with Crippen LogP contribution in [0.2, 0.25) is 0 Å². The van der Waals surface area contributed by atoms with E-state index in [2.05, 4.69) is 20.8 Å². The predicted octanol–water partition coefficient (Wildman–Crippen LogP) is 4.07. The second kappa shape index (κ2) is 9.47. The first-order valence-corrected chi connectivity index (χ1v) is 10.3. The molecule has 1 atom stereocenters. The standard InChI is InChI=1S/C21H23N5O2S/c1-4-6-19(27)22-17-11-9-16(10-12-17)20(28)15(3)29-21-23-24-25-26(21)18-8-5-7-14(2)13-18/h5,7-13,15H,4,6H2,1-3H3,(H,22,27). The molecular weight excluding hydrogens is 386 g/mol. The first-order valence-electron chi connectivity index (χ1n) is 9.44. The van der Waals surface area contributed by atoms with Crippen LogP contribution in [0.5, 0.6) is 0 Å². The van der Waals surface area contributed by atoms with Crippen molar-refractivity contribution in [2.24, 2.45) is 0 Å². The smallest absolute Gasteiger partial charge is 0.224 e. The molecule has 0 saturated heterocycles. The molecule has 8 heteroatoms. The lowest BCUT2D eigenvalue weighted by molar-refractivity contribution is -0.116. The van der Waals surface area contributed by atoms with Gasteiger partial charge in [0.15, 0.2) is 5.78 Å². The summed E-state index contributed by atoms with van der Waals surface area (Å²) in [5, 5.41) is 14.9. The highest BCUT2D eigenvalue weighted by Gasteiger charge is 2.20. The van der Waals surface area contributed by atoms with Crippen LogP contribution in [0.3, 0.4) is 0 Å². The van der Waals surface area contributed by atoms with Crippen molar-refractivity contribution in [1.82, 2.24) is 20.2 Å². The van der Waals surface area contributed by atoms with Crippen LogP contribution in [0.15, 0.2) is 53.7 Å². The summed E-state index contributed by atoms with van der Waals surface area (Å²) in [7, 11) is 0. The number of carbonyl (C=O) groups is 2. The van der Waals surface area contributed by atoms with E-state index in [9.17, 15) is 9.59 Å². The summed E-state index contributed by atoms with van der Waals surface area (Å²) in [6.45, 7) is 5.79. The van der Waals surface area contributed by atoms with Gasteiger partial charge in [-0.3, -0.25) is 9.59 Å². The number of carbonyl (C=O) groups excluding carboxylic acids is 2. The third kappa shape index (κ3) is 5.29. The Morgan fingerprint density at radius 1 is 1.17 bits per heavy atom. The lowest BCUT2D eigenvalue weighted by Crippen LogP contribution is -2.15. The molecule has 0 aliphatic carbocycles. The minimum absolute atomic E-state index is 0.0276. The zero-order chi connectivity index (χ0) is 20.8. The molecule has 3 aromatic rings. The Morgan fingerprint density at radius 2 is 1.93 bits per heavy atom. The summed E-state index contributed by atoms with van der Waals surface area (Å²) in [6, 6.07) is 14.8. The van der Waals surface area contributed by atoms with E-state index in [0.29, 0.717) is 22.8 Å². The normalized spacial score (nSPS) is 11.8. The third-order valence-electron chi connectivity index (χ3n) is 4.27. The lowest BCUT2D eigenvalue weighted by atomic mass is 10.1. The number of anilines is 1. The average Bonchev–Trinajstić information content (AvgIpc) is 3.16. The molecule has 0 saturated carbocycles. The second-order valence-corrected chi connectivity index (χ2v) is 8.02. The number of benzene rings is 2. The molecule has 7 nitrogen and oxygen atoms in total. The molecule has 1 amide bonds. The Balaban J connectivity index is 1.69. The lowest BCUT2D eigenvalue weighted by Gasteiger charge is -2.11. The molecule has 1 heterocycles. The highest BCUT2D eigenvalue weighted by molar-refractivity contribution is 8.00. The summed E-state index contributed by atoms with van der Waals surface area (Å²) < 4.78 is 1.63. The highest BCUT2D eigenvalue weighted by atomic mass is 32.2. The van der Waals surface area contributed by atoms with Gasteiger partial charge in [-0.15, -0.1) is 5.10 Å². The van der Waals surface area contributed by atoms with Crippen LogP contribution in [0.25, 0.3) is 5.69 Å². The third-order valence-corrected chi connectivity index (χ3v) is 5.30. The van der Waals surface area contributed by atoms with Crippen LogP contribution in [0.1, 0.15) is 42.6 Å². The molecule has 2 aromatic carbocycles. The first kappa shape index (κ1) is 20.7. The van der Waals surface area contributed by atoms with Crippen LogP contribution >= 0.6 is 11.8 Å². The van der Waals surface area contributed by atoms with Gasteiger partial charge >= 0.3 is 0 Å². The molecule has 3 rings (SSSR count). The van der Waals surface area contributed by atoms with Crippen LogP contribution in [0.4, 0.5) is 5.69 Å². The SMILES string of the molecule is CCCC(=O)Nc1ccc(C(=O)C(C)Sc2nnnn2-c2cccc(C)c2)cc1. The summed E-state index contributed by atoms with van der Waals surface area (Å²) in [4.78, 5) is 24.5.